The Labute approximate surface area is 168 Å². The zero-order valence-electron chi connectivity index (χ0n) is 16.8. The molecular formula is C19H22N4O5S. The lowest BCUT2D eigenvalue weighted by Crippen LogP contribution is -2.23. The molecule has 9 nitrogen and oxygen atoms in total. The molecule has 3 rings (SSSR count). The Morgan fingerprint density at radius 1 is 1.03 bits per heavy atom. The number of rotatable bonds is 5. The molecule has 2 aromatic carbocycles. The molecule has 0 aliphatic carbocycles. The van der Waals surface area contributed by atoms with Crippen molar-refractivity contribution in [3.63, 3.8) is 0 Å². The molecule has 0 unspecified atom stereocenters. The van der Waals surface area contributed by atoms with Crippen LogP contribution in [0.1, 0.15) is 10.4 Å². The molecule has 0 saturated heterocycles. The molecule has 3 aromatic rings. The average Bonchev–Trinajstić information content (AvgIpc) is 2.91. The minimum Gasteiger partial charge on any atom is -0.495 e. The number of fused-ring (bicyclic) bond motifs is 1. The number of hydrogen-bond donors (Lipinski definition) is 1. The molecule has 10 heteroatoms. The van der Waals surface area contributed by atoms with E-state index < -0.39 is 15.9 Å². The molecule has 1 N–H and O–H groups in total. The Balaban J connectivity index is 1.98. The highest BCUT2D eigenvalue weighted by atomic mass is 32.2. The Morgan fingerprint density at radius 2 is 1.69 bits per heavy atom. The smallest absolute Gasteiger partial charge is 0.328 e. The van der Waals surface area contributed by atoms with Gasteiger partial charge in [-0.05, 0) is 36.4 Å². The van der Waals surface area contributed by atoms with Crippen LogP contribution in [0.4, 0.5) is 5.69 Å². The predicted molar refractivity (Wildman–Crippen MR) is 110 cm³/mol. The summed E-state index contributed by atoms with van der Waals surface area (Å²) in [5.74, 6) is -0.334. The van der Waals surface area contributed by atoms with E-state index in [4.69, 9.17) is 4.74 Å². The maximum absolute atomic E-state index is 12.7. The fourth-order valence-electron chi connectivity index (χ4n) is 3.00. The molecule has 0 atom stereocenters. The summed E-state index contributed by atoms with van der Waals surface area (Å²) in [4.78, 5) is 24.7. The molecule has 0 radical (unpaired) electrons. The summed E-state index contributed by atoms with van der Waals surface area (Å²) in [7, 11) is 3.70. The summed E-state index contributed by atoms with van der Waals surface area (Å²) in [6.45, 7) is 0. The molecule has 0 saturated carbocycles. The first-order valence-electron chi connectivity index (χ1n) is 8.65. The van der Waals surface area contributed by atoms with Crippen LogP contribution in [-0.4, -0.2) is 49.0 Å². The van der Waals surface area contributed by atoms with E-state index in [9.17, 15) is 18.0 Å². The first-order valence-corrected chi connectivity index (χ1v) is 10.1. The van der Waals surface area contributed by atoms with Crippen LogP contribution in [0.2, 0.25) is 0 Å². The number of anilines is 1. The fraction of sp³-hybridized carbons (Fsp3) is 0.263. The van der Waals surface area contributed by atoms with Gasteiger partial charge in [0, 0.05) is 39.4 Å². The number of aromatic nitrogens is 2. The second-order valence-electron chi connectivity index (χ2n) is 6.71. The standard InChI is InChI=1S/C19H22N4O5S/c1-21(2)29(26,27)17-10-12(6-9-16(17)28-5)18(24)20-13-7-8-14-15(11-13)23(4)19(25)22(14)3/h6-11H,1-5H3,(H,20,24). The first-order chi connectivity index (χ1) is 13.6. The van der Waals surface area contributed by atoms with E-state index in [0.29, 0.717) is 11.2 Å². The van der Waals surface area contributed by atoms with Crippen molar-refractivity contribution in [2.24, 2.45) is 14.1 Å². The Morgan fingerprint density at radius 3 is 2.31 bits per heavy atom. The zero-order chi connectivity index (χ0) is 21.5. The van der Waals surface area contributed by atoms with Crippen molar-refractivity contribution < 1.29 is 17.9 Å². The van der Waals surface area contributed by atoms with Gasteiger partial charge in [0.1, 0.15) is 10.6 Å². The number of hydrogen-bond acceptors (Lipinski definition) is 5. The van der Waals surface area contributed by atoms with Crippen LogP contribution in [0.25, 0.3) is 11.0 Å². The van der Waals surface area contributed by atoms with Gasteiger partial charge in [0.05, 0.1) is 18.1 Å². The predicted octanol–water partition coefficient (Wildman–Crippen LogP) is 1.39. The lowest BCUT2D eigenvalue weighted by molar-refractivity contribution is 0.102. The summed E-state index contributed by atoms with van der Waals surface area (Å²) in [6, 6.07) is 9.31. The number of ether oxygens (including phenoxy) is 1. The topological polar surface area (TPSA) is 103 Å². The van der Waals surface area contributed by atoms with Gasteiger partial charge < -0.3 is 10.1 Å². The minimum absolute atomic E-state index is 0.0986. The Bertz CT molecular complexity index is 1270. The second kappa shape index (κ2) is 7.37. The number of imidazole rings is 1. The summed E-state index contributed by atoms with van der Waals surface area (Å²) >= 11 is 0. The van der Waals surface area contributed by atoms with Crippen LogP contribution in [0, 0.1) is 0 Å². The molecule has 29 heavy (non-hydrogen) atoms. The highest BCUT2D eigenvalue weighted by Crippen LogP contribution is 2.27. The lowest BCUT2D eigenvalue weighted by Gasteiger charge is -2.15. The molecular weight excluding hydrogens is 396 g/mol. The van der Waals surface area contributed by atoms with Gasteiger partial charge in [0.2, 0.25) is 10.0 Å². The largest absolute Gasteiger partial charge is 0.495 e. The number of nitrogens with one attached hydrogen (secondary N) is 1. The number of carbonyl (C=O) groups is 1. The van der Waals surface area contributed by atoms with E-state index in [1.54, 1.807) is 32.3 Å². The zero-order valence-corrected chi connectivity index (χ0v) is 17.6. The second-order valence-corrected chi connectivity index (χ2v) is 8.83. The number of amides is 1. The Kier molecular flexibility index (Phi) is 5.24. The van der Waals surface area contributed by atoms with Crippen LogP contribution in [0.3, 0.4) is 0 Å². The van der Waals surface area contributed by atoms with Crippen molar-refractivity contribution in [1.82, 2.24) is 13.4 Å². The highest BCUT2D eigenvalue weighted by Gasteiger charge is 2.24. The SMILES string of the molecule is COc1ccc(C(=O)Nc2ccc3c(c2)n(C)c(=O)n3C)cc1S(=O)(=O)N(C)C. The number of benzene rings is 2. The molecule has 0 spiro atoms. The third kappa shape index (κ3) is 3.52. The molecule has 0 bridgehead atoms. The van der Waals surface area contributed by atoms with E-state index in [0.717, 1.165) is 9.82 Å². The van der Waals surface area contributed by atoms with Crippen molar-refractivity contribution in [1.29, 1.82) is 0 Å². The monoisotopic (exact) mass is 418 g/mol. The normalized spacial score (nSPS) is 11.8. The van der Waals surface area contributed by atoms with Crippen molar-refractivity contribution in [2.75, 3.05) is 26.5 Å². The van der Waals surface area contributed by atoms with E-state index in [1.807, 2.05) is 0 Å². The molecule has 154 valence electrons. The average molecular weight is 418 g/mol. The number of methoxy groups -OCH3 is 1. The molecule has 0 aliphatic heterocycles. The van der Waals surface area contributed by atoms with Gasteiger partial charge in [-0.25, -0.2) is 17.5 Å². The van der Waals surface area contributed by atoms with Crippen LogP contribution < -0.4 is 15.7 Å². The summed E-state index contributed by atoms with van der Waals surface area (Å²) in [5.41, 5.74) is 1.88. The van der Waals surface area contributed by atoms with Gasteiger partial charge in [0.15, 0.2) is 0 Å². The van der Waals surface area contributed by atoms with E-state index >= 15 is 0 Å². The Hall–Kier alpha value is -3.11. The molecule has 1 heterocycles. The lowest BCUT2D eigenvalue weighted by atomic mass is 10.2. The van der Waals surface area contributed by atoms with Gasteiger partial charge >= 0.3 is 5.69 Å². The summed E-state index contributed by atoms with van der Waals surface area (Å²) in [5, 5.41) is 2.74. The number of aryl methyl sites for hydroxylation is 2. The third-order valence-electron chi connectivity index (χ3n) is 4.71. The van der Waals surface area contributed by atoms with Crippen molar-refractivity contribution in [3.05, 3.63) is 52.4 Å². The van der Waals surface area contributed by atoms with E-state index in [1.165, 1.54) is 48.5 Å². The molecule has 1 aromatic heterocycles. The van der Waals surface area contributed by atoms with Crippen molar-refractivity contribution >= 4 is 32.7 Å². The van der Waals surface area contributed by atoms with Crippen LogP contribution >= 0.6 is 0 Å². The van der Waals surface area contributed by atoms with E-state index in [2.05, 4.69) is 5.32 Å². The maximum atomic E-state index is 12.7. The van der Waals surface area contributed by atoms with Gasteiger partial charge in [-0.15, -0.1) is 0 Å². The molecule has 1 amide bonds. The van der Waals surface area contributed by atoms with Gasteiger partial charge in [-0.1, -0.05) is 0 Å². The fourth-order valence-corrected chi connectivity index (χ4v) is 4.08. The van der Waals surface area contributed by atoms with Crippen LogP contribution in [0.15, 0.2) is 46.1 Å². The first kappa shape index (κ1) is 20.6. The van der Waals surface area contributed by atoms with Crippen LogP contribution in [-0.2, 0) is 24.1 Å². The quantitative estimate of drug-likeness (QED) is 0.675. The number of sulfonamides is 1. The molecule has 0 fully saturated rings. The highest BCUT2D eigenvalue weighted by molar-refractivity contribution is 7.89. The molecule has 0 aliphatic rings. The van der Waals surface area contributed by atoms with E-state index in [-0.39, 0.29) is 21.9 Å². The number of carbonyl (C=O) groups excluding carboxylic acids is 1. The summed E-state index contributed by atoms with van der Waals surface area (Å²) in [6.07, 6.45) is 0. The van der Waals surface area contributed by atoms with Gasteiger partial charge in [-0.2, -0.15) is 0 Å². The third-order valence-corrected chi connectivity index (χ3v) is 6.55. The van der Waals surface area contributed by atoms with Gasteiger partial charge in [-0.3, -0.25) is 13.9 Å². The van der Waals surface area contributed by atoms with Crippen molar-refractivity contribution in [3.8, 4) is 5.75 Å². The van der Waals surface area contributed by atoms with Crippen LogP contribution in [0.5, 0.6) is 5.75 Å². The summed E-state index contributed by atoms with van der Waals surface area (Å²) < 4.78 is 34.3. The minimum atomic E-state index is -3.80. The van der Waals surface area contributed by atoms with Crippen molar-refractivity contribution in [2.45, 2.75) is 4.90 Å². The maximum Gasteiger partial charge on any atom is 0.328 e. The number of nitrogens with zero attached hydrogens (tertiary/aromatic N) is 3. The van der Waals surface area contributed by atoms with Gasteiger partial charge in [0.25, 0.3) is 5.91 Å².